The Hall–Kier alpha value is -1.69. The first-order valence-corrected chi connectivity index (χ1v) is 8.56. The summed E-state index contributed by atoms with van der Waals surface area (Å²) in [4.78, 5) is 13.2. The normalized spacial score (nSPS) is 9.92. The number of amides is 1. The van der Waals surface area contributed by atoms with Crippen LogP contribution in [0.15, 0.2) is 53.4 Å². The molecule has 4 nitrogen and oxygen atoms in total. The zero-order chi connectivity index (χ0) is 16.5. The first-order valence-electron chi connectivity index (χ1n) is 7.58. The number of carbonyl (C=O) groups excluding carboxylic acids is 1. The van der Waals surface area contributed by atoms with Gasteiger partial charge in [-0.05, 0) is 42.4 Å². The molecule has 0 unspecified atom stereocenters. The minimum Gasteiger partial charge on any atom is -0.497 e. The third-order valence-corrected chi connectivity index (χ3v) is 4.30. The summed E-state index contributed by atoms with van der Waals surface area (Å²) in [6.07, 6.45) is 0. The topological polar surface area (TPSA) is 50.4 Å². The van der Waals surface area contributed by atoms with Gasteiger partial charge in [0.25, 0.3) is 0 Å². The zero-order valence-electron chi connectivity index (χ0n) is 13.9. The zero-order valence-corrected chi connectivity index (χ0v) is 15.5. The van der Waals surface area contributed by atoms with E-state index in [1.807, 2.05) is 48.5 Å². The van der Waals surface area contributed by atoms with Crippen LogP contribution in [0, 0.1) is 0 Å². The van der Waals surface area contributed by atoms with Crippen LogP contribution in [0.5, 0.6) is 5.75 Å². The van der Waals surface area contributed by atoms with Crippen LogP contribution in [0.3, 0.4) is 0 Å². The molecule has 0 spiro atoms. The fourth-order valence-electron chi connectivity index (χ4n) is 2.06. The van der Waals surface area contributed by atoms with Crippen molar-refractivity contribution in [3.8, 4) is 5.75 Å². The molecule has 1 amide bonds. The van der Waals surface area contributed by atoms with Crippen LogP contribution in [0.1, 0.15) is 12.5 Å². The molecular weight excluding hydrogens is 344 g/mol. The maximum atomic E-state index is 12.2. The van der Waals surface area contributed by atoms with Gasteiger partial charge in [0.1, 0.15) is 5.75 Å². The second kappa shape index (κ2) is 11.0. The molecule has 0 aromatic heterocycles. The lowest BCUT2D eigenvalue weighted by atomic mass is 10.1. The number of methoxy groups -OCH3 is 1. The SMILES string of the molecule is CCNCc1ccccc1NC(=O)CSc1ccc(OC)cc1.Cl. The van der Waals surface area contributed by atoms with Gasteiger partial charge < -0.3 is 15.4 Å². The maximum Gasteiger partial charge on any atom is 0.234 e. The first-order chi connectivity index (χ1) is 11.2. The van der Waals surface area contributed by atoms with Crippen molar-refractivity contribution in [3.63, 3.8) is 0 Å². The molecule has 2 aromatic rings. The van der Waals surface area contributed by atoms with Gasteiger partial charge in [0, 0.05) is 17.1 Å². The molecule has 130 valence electrons. The van der Waals surface area contributed by atoms with Gasteiger partial charge in [-0.15, -0.1) is 24.2 Å². The molecule has 0 heterocycles. The molecule has 0 aliphatic heterocycles. The number of anilines is 1. The third kappa shape index (κ3) is 6.43. The van der Waals surface area contributed by atoms with Gasteiger partial charge in [-0.2, -0.15) is 0 Å². The van der Waals surface area contributed by atoms with Crippen molar-refractivity contribution in [1.82, 2.24) is 5.32 Å². The highest BCUT2D eigenvalue weighted by Crippen LogP contribution is 2.22. The summed E-state index contributed by atoms with van der Waals surface area (Å²) in [6.45, 7) is 3.71. The lowest BCUT2D eigenvalue weighted by Crippen LogP contribution is -2.18. The average Bonchev–Trinajstić information content (AvgIpc) is 2.59. The van der Waals surface area contributed by atoms with Crippen molar-refractivity contribution in [2.45, 2.75) is 18.4 Å². The largest absolute Gasteiger partial charge is 0.497 e. The fraction of sp³-hybridized carbons (Fsp3) is 0.278. The molecule has 0 fully saturated rings. The first kappa shape index (κ1) is 20.4. The van der Waals surface area contributed by atoms with Crippen LogP contribution in [-0.2, 0) is 11.3 Å². The van der Waals surface area contributed by atoms with Crippen LogP contribution in [0.2, 0.25) is 0 Å². The van der Waals surface area contributed by atoms with E-state index in [0.717, 1.165) is 35.0 Å². The van der Waals surface area contributed by atoms with Crippen LogP contribution in [0.25, 0.3) is 0 Å². The molecule has 0 bridgehead atoms. The number of nitrogens with one attached hydrogen (secondary N) is 2. The van der Waals surface area contributed by atoms with Crippen molar-refractivity contribution in [1.29, 1.82) is 0 Å². The standard InChI is InChI=1S/C18H22N2O2S.ClH/c1-3-19-12-14-6-4-5-7-17(14)20-18(21)13-23-16-10-8-15(22-2)9-11-16;/h4-11,19H,3,12-13H2,1-2H3,(H,20,21);1H. The summed E-state index contributed by atoms with van der Waals surface area (Å²) in [6, 6.07) is 15.6. The summed E-state index contributed by atoms with van der Waals surface area (Å²) < 4.78 is 5.12. The number of benzene rings is 2. The van der Waals surface area contributed by atoms with E-state index in [0.29, 0.717) is 5.75 Å². The smallest absolute Gasteiger partial charge is 0.234 e. The summed E-state index contributed by atoms with van der Waals surface area (Å²) in [5.74, 6) is 1.19. The van der Waals surface area contributed by atoms with E-state index in [2.05, 4.69) is 17.6 Å². The number of para-hydroxylation sites is 1. The molecule has 0 saturated carbocycles. The van der Waals surface area contributed by atoms with Gasteiger partial charge in [-0.25, -0.2) is 0 Å². The van der Waals surface area contributed by atoms with Gasteiger partial charge in [0.2, 0.25) is 5.91 Å². The van der Waals surface area contributed by atoms with Crippen molar-refractivity contribution in [2.75, 3.05) is 24.7 Å². The predicted molar refractivity (Wildman–Crippen MR) is 103 cm³/mol. The molecule has 2 N–H and O–H groups in total. The van der Waals surface area contributed by atoms with Gasteiger partial charge in [0.05, 0.1) is 12.9 Å². The summed E-state index contributed by atoms with van der Waals surface area (Å²) in [7, 11) is 1.64. The van der Waals surface area contributed by atoms with Gasteiger partial charge in [0.15, 0.2) is 0 Å². The van der Waals surface area contributed by atoms with Crippen LogP contribution in [-0.4, -0.2) is 25.3 Å². The Bertz CT molecular complexity index is 635. The molecule has 2 rings (SSSR count). The van der Waals surface area contributed by atoms with E-state index in [9.17, 15) is 4.79 Å². The maximum absolute atomic E-state index is 12.2. The Morgan fingerprint density at radius 3 is 2.50 bits per heavy atom. The highest BCUT2D eigenvalue weighted by atomic mass is 35.5. The third-order valence-electron chi connectivity index (χ3n) is 3.29. The molecule has 6 heteroatoms. The van der Waals surface area contributed by atoms with Crippen molar-refractivity contribution in [3.05, 3.63) is 54.1 Å². The van der Waals surface area contributed by atoms with E-state index < -0.39 is 0 Å². The Labute approximate surface area is 153 Å². The van der Waals surface area contributed by atoms with Crippen molar-refractivity contribution in [2.24, 2.45) is 0 Å². The van der Waals surface area contributed by atoms with E-state index in [1.165, 1.54) is 11.8 Å². The lowest BCUT2D eigenvalue weighted by Gasteiger charge is -2.11. The molecular formula is C18H23ClN2O2S. The van der Waals surface area contributed by atoms with E-state index in [1.54, 1.807) is 7.11 Å². The van der Waals surface area contributed by atoms with E-state index >= 15 is 0 Å². The van der Waals surface area contributed by atoms with Gasteiger partial charge >= 0.3 is 0 Å². The summed E-state index contributed by atoms with van der Waals surface area (Å²) in [5.41, 5.74) is 1.96. The summed E-state index contributed by atoms with van der Waals surface area (Å²) >= 11 is 1.51. The fourth-order valence-corrected chi connectivity index (χ4v) is 2.76. The number of carbonyl (C=O) groups is 1. The van der Waals surface area contributed by atoms with Gasteiger partial charge in [-0.1, -0.05) is 25.1 Å². The Morgan fingerprint density at radius 1 is 1.12 bits per heavy atom. The van der Waals surface area contributed by atoms with Gasteiger partial charge in [-0.3, -0.25) is 4.79 Å². The quantitative estimate of drug-likeness (QED) is 0.694. The van der Waals surface area contributed by atoms with Crippen LogP contribution >= 0.6 is 24.2 Å². The number of hydrogen-bond donors (Lipinski definition) is 2. The second-order valence-electron chi connectivity index (χ2n) is 4.95. The van der Waals surface area contributed by atoms with E-state index in [4.69, 9.17) is 4.74 Å². The molecule has 0 aliphatic carbocycles. The highest BCUT2D eigenvalue weighted by Gasteiger charge is 2.07. The Kier molecular flexibility index (Phi) is 9.30. The highest BCUT2D eigenvalue weighted by molar-refractivity contribution is 8.00. The van der Waals surface area contributed by atoms with Crippen LogP contribution < -0.4 is 15.4 Å². The minimum atomic E-state index is -0.00485. The van der Waals surface area contributed by atoms with Crippen molar-refractivity contribution >= 4 is 35.8 Å². The van der Waals surface area contributed by atoms with Crippen molar-refractivity contribution < 1.29 is 9.53 Å². The Balaban J connectivity index is 0.00000288. The molecule has 0 saturated heterocycles. The Morgan fingerprint density at radius 2 is 1.83 bits per heavy atom. The monoisotopic (exact) mass is 366 g/mol. The number of thioether (sulfide) groups is 1. The second-order valence-corrected chi connectivity index (χ2v) is 6.00. The minimum absolute atomic E-state index is 0. The predicted octanol–water partition coefficient (Wildman–Crippen LogP) is 3.96. The number of ether oxygens (including phenoxy) is 1. The average molecular weight is 367 g/mol. The number of halogens is 1. The number of rotatable bonds is 8. The van der Waals surface area contributed by atoms with E-state index in [-0.39, 0.29) is 18.3 Å². The molecule has 2 aromatic carbocycles. The molecule has 24 heavy (non-hydrogen) atoms. The molecule has 0 radical (unpaired) electrons. The van der Waals surface area contributed by atoms with Crippen LogP contribution in [0.4, 0.5) is 5.69 Å². The lowest BCUT2D eigenvalue weighted by molar-refractivity contribution is -0.113. The molecule has 0 aliphatic rings. The molecule has 0 atom stereocenters. The number of hydrogen-bond acceptors (Lipinski definition) is 4. The summed E-state index contributed by atoms with van der Waals surface area (Å²) in [5, 5.41) is 6.27.